The highest BCUT2D eigenvalue weighted by molar-refractivity contribution is 6.08. The summed E-state index contributed by atoms with van der Waals surface area (Å²) in [5, 5.41) is 19.9. The number of ketones is 1. The van der Waals surface area contributed by atoms with Gasteiger partial charge in [0.25, 0.3) is 0 Å². The molecule has 3 heterocycles. The Balaban J connectivity index is 1.48. The number of aryl methyl sites for hydroxylation is 1. The summed E-state index contributed by atoms with van der Waals surface area (Å²) in [6.07, 6.45) is 4.16. The standard InChI is InChI=1S/C21H24N4O2/c1-13-7-18(23-12-16(13)10-22)25-5-3-14(4-6-25)20-19-15(11-24-20)8-17(26)9-21(19,2)27/h7,12,14,27H,3-6,8-9,11H2,1-2H3. The molecule has 6 heteroatoms. The van der Waals surface area contributed by atoms with E-state index >= 15 is 0 Å². The third-order valence-corrected chi connectivity index (χ3v) is 5.96. The average molecular weight is 364 g/mol. The number of carbonyl (C=O) groups is 1. The second kappa shape index (κ2) is 6.58. The highest BCUT2D eigenvalue weighted by Gasteiger charge is 2.43. The molecule has 6 nitrogen and oxygen atoms in total. The number of rotatable bonds is 2. The van der Waals surface area contributed by atoms with Gasteiger partial charge in [0.15, 0.2) is 0 Å². The minimum atomic E-state index is -1.08. The van der Waals surface area contributed by atoms with Crippen molar-refractivity contribution >= 4 is 17.3 Å². The van der Waals surface area contributed by atoms with Gasteiger partial charge in [0.05, 0.1) is 17.7 Å². The van der Waals surface area contributed by atoms with Gasteiger partial charge < -0.3 is 10.0 Å². The minimum absolute atomic E-state index is 0.104. The van der Waals surface area contributed by atoms with E-state index in [1.54, 1.807) is 13.1 Å². The van der Waals surface area contributed by atoms with E-state index in [2.05, 4.69) is 16.0 Å². The maximum atomic E-state index is 11.9. The quantitative estimate of drug-likeness (QED) is 0.870. The van der Waals surface area contributed by atoms with Gasteiger partial charge in [-0.15, -0.1) is 0 Å². The number of aliphatic imine (C=N–C) groups is 1. The van der Waals surface area contributed by atoms with Crippen LogP contribution in [0.25, 0.3) is 0 Å². The zero-order valence-electron chi connectivity index (χ0n) is 15.8. The van der Waals surface area contributed by atoms with Crippen molar-refractivity contribution in [2.75, 3.05) is 24.5 Å². The predicted molar refractivity (Wildman–Crippen MR) is 103 cm³/mol. The lowest BCUT2D eigenvalue weighted by atomic mass is 9.74. The van der Waals surface area contributed by atoms with Crippen LogP contribution in [0.1, 0.15) is 43.7 Å². The monoisotopic (exact) mass is 364 g/mol. The van der Waals surface area contributed by atoms with Crippen LogP contribution in [-0.2, 0) is 4.79 Å². The van der Waals surface area contributed by atoms with Gasteiger partial charge in [-0.2, -0.15) is 5.26 Å². The van der Waals surface area contributed by atoms with E-state index in [1.165, 1.54) is 0 Å². The van der Waals surface area contributed by atoms with E-state index < -0.39 is 5.60 Å². The van der Waals surface area contributed by atoms with Crippen LogP contribution in [0.5, 0.6) is 0 Å². The molecule has 1 saturated heterocycles. The van der Waals surface area contributed by atoms with Crippen LogP contribution in [-0.4, -0.2) is 46.8 Å². The normalized spacial score (nSPS) is 26.1. The molecule has 1 N–H and O–H groups in total. The van der Waals surface area contributed by atoms with Crippen LogP contribution in [0.4, 0.5) is 5.82 Å². The molecule has 1 aromatic heterocycles. The highest BCUT2D eigenvalue weighted by Crippen LogP contribution is 2.40. The molecule has 0 amide bonds. The number of carbonyl (C=O) groups excluding carboxylic acids is 1. The van der Waals surface area contributed by atoms with Gasteiger partial charge in [0, 0.05) is 49.3 Å². The molecular formula is C21H24N4O2. The molecule has 1 aromatic rings. The Morgan fingerprint density at radius 2 is 2.11 bits per heavy atom. The van der Waals surface area contributed by atoms with Crippen LogP contribution in [0, 0.1) is 24.2 Å². The molecule has 4 rings (SSSR count). The molecule has 2 aliphatic heterocycles. The van der Waals surface area contributed by atoms with Crippen molar-refractivity contribution in [3.8, 4) is 6.07 Å². The van der Waals surface area contributed by atoms with Crippen LogP contribution >= 0.6 is 0 Å². The summed E-state index contributed by atoms with van der Waals surface area (Å²) in [5.74, 6) is 1.33. The fourth-order valence-corrected chi connectivity index (χ4v) is 4.64. The third-order valence-electron chi connectivity index (χ3n) is 5.96. The molecule has 27 heavy (non-hydrogen) atoms. The lowest BCUT2D eigenvalue weighted by molar-refractivity contribution is -0.122. The maximum absolute atomic E-state index is 11.9. The Kier molecular flexibility index (Phi) is 4.35. The molecular weight excluding hydrogens is 340 g/mol. The highest BCUT2D eigenvalue weighted by atomic mass is 16.3. The topological polar surface area (TPSA) is 89.6 Å². The molecule has 0 aromatic carbocycles. The largest absolute Gasteiger partial charge is 0.385 e. The second-order valence-corrected chi connectivity index (χ2v) is 8.08. The summed E-state index contributed by atoms with van der Waals surface area (Å²) in [6, 6.07) is 4.13. The third kappa shape index (κ3) is 3.17. The first-order valence-electron chi connectivity index (χ1n) is 9.52. The molecule has 0 radical (unpaired) electrons. The summed E-state index contributed by atoms with van der Waals surface area (Å²) in [6.45, 7) is 5.98. The van der Waals surface area contributed by atoms with Crippen LogP contribution in [0.2, 0.25) is 0 Å². The van der Waals surface area contributed by atoms with E-state index in [-0.39, 0.29) is 12.2 Å². The van der Waals surface area contributed by atoms with Gasteiger partial charge >= 0.3 is 0 Å². The lowest BCUT2D eigenvalue weighted by Gasteiger charge is -2.37. The number of nitrogens with zero attached hydrogens (tertiary/aromatic N) is 4. The van der Waals surface area contributed by atoms with Crippen molar-refractivity contribution in [1.29, 1.82) is 5.26 Å². The number of pyridine rings is 1. The van der Waals surface area contributed by atoms with Crippen LogP contribution in [0.3, 0.4) is 0 Å². The van der Waals surface area contributed by atoms with Crippen molar-refractivity contribution in [3.63, 3.8) is 0 Å². The van der Waals surface area contributed by atoms with Gasteiger partial charge in [-0.05, 0) is 43.9 Å². The number of anilines is 1. The van der Waals surface area contributed by atoms with Crippen LogP contribution in [0.15, 0.2) is 28.4 Å². The first-order valence-corrected chi connectivity index (χ1v) is 9.52. The number of hydrogen-bond donors (Lipinski definition) is 1. The molecule has 0 saturated carbocycles. The number of nitriles is 1. The molecule has 1 unspecified atom stereocenters. The second-order valence-electron chi connectivity index (χ2n) is 8.08. The fourth-order valence-electron chi connectivity index (χ4n) is 4.64. The number of aliphatic hydroxyl groups is 1. The molecule has 140 valence electrons. The van der Waals surface area contributed by atoms with Crippen molar-refractivity contribution in [3.05, 3.63) is 34.5 Å². The number of piperidine rings is 1. The molecule has 0 bridgehead atoms. The van der Waals surface area contributed by atoms with E-state index in [4.69, 9.17) is 10.3 Å². The van der Waals surface area contributed by atoms with E-state index in [1.807, 2.05) is 13.0 Å². The summed E-state index contributed by atoms with van der Waals surface area (Å²) in [7, 11) is 0. The molecule has 1 atom stereocenters. The van der Waals surface area contributed by atoms with Crippen molar-refractivity contribution in [2.45, 2.75) is 45.1 Å². The first-order chi connectivity index (χ1) is 12.9. The van der Waals surface area contributed by atoms with Crippen molar-refractivity contribution < 1.29 is 9.90 Å². The summed E-state index contributed by atoms with van der Waals surface area (Å²) in [5.41, 5.74) is 3.45. The van der Waals surface area contributed by atoms with Gasteiger partial charge in [-0.1, -0.05) is 0 Å². The smallest absolute Gasteiger partial charge is 0.140 e. The van der Waals surface area contributed by atoms with Gasteiger partial charge in [0.1, 0.15) is 17.7 Å². The summed E-state index contributed by atoms with van der Waals surface area (Å²) >= 11 is 0. The molecule has 1 aliphatic carbocycles. The minimum Gasteiger partial charge on any atom is -0.385 e. The van der Waals surface area contributed by atoms with E-state index in [0.717, 1.165) is 54.2 Å². The SMILES string of the molecule is Cc1cc(N2CCC(C3=NCC4=C3C(C)(O)CC(=O)C4)CC2)ncc1C#N. The predicted octanol–water partition coefficient (Wildman–Crippen LogP) is 2.34. The van der Waals surface area contributed by atoms with Crippen molar-refractivity contribution in [2.24, 2.45) is 10.9 Å². The van der Waals surface area contributed by atoms with Gasteiger partial charge in [0.2, 0.25) is 0 Å². The van der Waals surface area contributed by atoms with Gasteiger partial charge in [-0.25, -0.2) is 4.98 Å². The van der Waals surface area contributed by atoms with E-state index in [9.17, 15) is 9.90 Å². The summed E-state index contributed by atoms with van der Waals surface area (Å²) in [4.78, 5) is 23.3. The van der Waals surface area contributed by atoms with Gasteiger partial charge in [-0.3, -0.25) is 9.79 Å². The Labute approximate surface area is 159 Å². The van der Waals surface area contributed by atoms with Crippen molar-refractivity contribution in [1.82, 2.24) is 4.98 Å². The number of hydrogen-bond acceptors (Lipinski definition) is 6. The molecule has 3 aliphatic rings. The lowest BCUT2D eigenvalue weighted by Crippen LogP contribution is -2.42. The average Bonchev–Trinajstić information content (AvgIpc) is 3.06. The summed E-state index contributed by atoms with van der Waals surface area (Å²) < 4.78 is 0. The number of Topliss-reactive ketones (excluding diaryl/α,β-unsaturated/α-hetero) is 1. The maximum Gasteiger partial charge on any atom is 0.140 e. The Hall–Kier alpha value is -2.52. The van der Waals surface area contributed by atoms with E-state index in [0.29, 0.717) is 24.4 Å². The zero-order chi connectivity index (χ0) is 19.2. The number of aromatic nitrogens is 1. The Morgan fingerprint density at radius 1 is 1.37 bits per heavy atom. The molecule has 1 fully saturated rings. The molecule has 0 spiro atoms. The first kappa shape index (κ1) is 17.9. The Morgan fingerprint density at radius 3 is 2.78 bits per heavy atom. The van der Waals surface area contributed by atoms with Crippen LogP contribution < -0.4 is 4.90 Å². The zero-order valence-corrected chi connectivity index (χ0v) is 15.8. The fraction of sp³-hybridized carbons (Fsp3) is 0.524. The Bertz CT molecular complexity index is 899.